The molecule has 1 aliphatic heterocycles. The lowest BCUT2D eigenvalue weighted by molar-refractivity contribution is 0.0911. The van der Waals surface area contributed by atoms with Gasteiger partial charge in [-0.15, -0.1) is 0 Å². The number of fused-ring (bicyclic) bond motifs is 1. The summed E-state index contributed by atoms with van der Waals surface area (Å²) in [6, 6.07) is 26.1. The average Bonchev–Trinajstić information content (AvgIpc) is 3.42. The van der Waals surface area contributed by atoms with Crippen LogP contribution in [0.25, 0.3) is 0 Å². The standard InChI is InChI=1S/C32H36N4O3/c1-6-32(23-12-16-25(38-4)17-13-23,24-14-18-26(39-5)19-15-24)35-30(37)27-21-33-36-29(27)34-28(20-31(36,2)3)22-10-8-7-9-11-22/h7-19,21,28,34H,6,20H2,1-5H3,(H,35,37). The van der Waals surface area contributed by atoms with Gasteiger partial charge >= 0.3 is 0 Å². The van der Waals surface area contributed by atoms with Crippen molar-refractivity contribution in [2.24, 2.45) is 0 Å². The lowest BCUT2D eigenvalue weighted by Gasteiger charge is -2.39. The average molecular weight is 525 g/mol. The van der Waals surface area contributed by atoms with E-state index in [0.717, 1.165) is 34.9 Å². The van der Waals surface area contributed by atoms with E-state index in [9.17, 15) is 4.79 Å². The van der Waals surface area contributed by atoms with Gasteiger partial charge in [-0.1, -0.05) is 61.5 Å². The van der Waals surface area contributed by atoms with Crippen LogP contribution in [0.3, 0.4) is 0 Å². The van der Waals surface area contributed by atoms with Crippen molar-refractivity contribution in [2.75, 3.05) is 19.5 Å². The molecule has 2 N–H and O–H groups in total. The Hall–Kier alpha value is -4.26. The van der Waals surface area contributed by atoms with Crippen LogP contribution in [-0.4, -0.2) is 29.9 Å². The van der Waals surface area contributed by atoms with Crippen LogP contribution in [0.15, 0.2) is 85.1 Å². The van der Waals surface area contributed by atoms with E-state index in [-0.39, 0.29) is 17.5 Å². The summed E-state index contributed by atoms with van der Waals surface area (Å²) in [6.07, 6.45) is 3.16. The van der Waals surface area contributed by atoms with Gasteiger partial charge in [0.1, 0.15) is 22.9 Å². The smallest absolute Gasteiger partial charge is 0.257 e. The summed E-state index contributed by atoms with van der Waals surface area (Å²) in [4.78, 5) is 14.1. The third-order valence-electron chi connectivity index (χ3n) is 7.83. The number of methoxy groups -OCH3 is 2. The van der Waals surface area contributed by atoms with Crippen molar-refractivity contribution in [3.63, 3.8) is 0 Å². The van der Waals surface area contributed by atoms with E-state index in [0.29, 0.717) is 12.0 Å². The van der Waals surface area contributed by atoms with Crippen molar-refractivity contribution in [3.8, 4) is 11.5 Å². The van der Waals surface area contributed by atoms with E-state index < -0.39 is 5.54 Å². The molecule has 1 atom stereocenters. The van der Waals surface area contributed by atoms with Gasteiger partial charge in [-0.3, -0.25) is 4.79 Å². The number of nitrogens with zero attached hydrogens (tertiary/aromatic N) is 2. The fourth-order valence-electron chi connectivity index (χ4n) is 5.62. The molecule has 202 valence electrons. The third kappa shape index (κ3) is 4.85. The zero-order valence-electron chi connectivity index (χ0n) is 23.2. The summed E-state index contributed by atoms with van der Waals surface area (Å²) in [5.74, 6) is 2.05. The summed E-state index contributed by atoms with van der Waals surface area (Å²) in [5.41, 5.74) is 2.56. The van der Waals surface area contributed by atoms with Gasteiger partial charge < -0.3 is 20.1 Å². The summed E-state index contributed by atoms with van der Waals surface area (Å²) >= 11 is 0. The van der Waals surface area contributed by atoms with Crippen molar-refractivity contribution in [3.05, 3.63) is 107 Å². The number of hydrogen-bond donors (Lipinski definition) is 2. The van der Waals surface area contributed by atoms with Crippen molar-refractivity contribution < 1.29 is 14.3 Å². The maximum Gasteiger partial charge on any atom is 0.257 e. The van der Waals surface area contributed by atoms with Crippen LogP contribution in [0.2, 0.25) is 0 Å². The Morgan fingerprint density at radius 2 is 1.54 bits per heavy atom. The summed E-state index contributed by atoms with van der Waals surface area (Å²) < 4.78 is 12.7. The zero-order valence-corrected chi connectivity index (χ0v) is 23.2. The lowest BCUT2D eigenvalue weighted by atomic mass is 9.80. The molecule has 1 unspecified atom stereocenters. The molecule has 1 amide bonds. The first-order valence-electron chi connectivity index (χ1n) is 13.3. The van der Waals surface area contributed by atoms with Gasteiger partial charge in [0.2, 0.25) is 0 Å². The highest BCUT2D eigenvalue weighted by atomic mass is 16.5. The van der Waals surface area contributed by atoms with Crippen molar-refractivity contribution in [1.82, 2.24) is 15.1 Å². The Balaban J connectivity index is 1.55. The molecule has 0 spiro atoms. The van der Waals surface area contributed by atoms with Crippen LogP contribution in [0.1, 0.15) is 66.7 Å². The highest BCUT2D eigenvalue weighted by Gasteiger charge is 2.39. The zero-order chi connectivity index (χ0) is 27.6. The van der Waals surface area contributed by atoms with Gasteiger partial charge in [0.15, 0.2) is 0 Å². The summed E-state index contributed by atoms with van der Waals surface area (Å²) in [7, 11) is 3.29. The van der Waals surface area contributed by atoms with E-state index >= 15 is 0 Å². The van der Waals surface area contributed by atoms with Gasteiger partial charge in [-0.05, 0) is 67.6 Å². The predicted octanol–water partition coefficient (Wildman–Crippen LogP) is 6.28. The van der Waals surface area contributed by atoms with E-state index in [1.54, 1.807) is 20.4 Å². The number of amides is 1. The molecule has 1 aliphatic rings. The molecule has 0 fully saturated rings. The fourth-order valence-corrected chi connectivity index (χ4v) is 5.62. The number of rotatable bonds is 8. The monoisotopic (exact) mass is 524 g/mol. The molecule has 39 heavy (non-hydrogen) atoms. The molecule has 4 aromatic rings. The van der Waals surface area contributed by atoms with E-state index in [4.69, 9.17) is 9.47 Å². The van der Waals surface area contributed by atoms with Gasteiger partial charge in [0.05, 0.1) is 37.5 Å². The number of carbonyl (C=O) groups excluding carboxylic acids is 1. The Bertz CT molecular complexity index is 1380. The number of carbonyl (C=O) groups is 1. The normalized spacial score (nSPS) is 16.1. The van der Waals surface area contributed by atoms with Crippen LogP contribution in [-0.2, 0) is 11.1 Å². The Morgan fingerprint density at radius 1 is 0.974 bits per heavy atom. The molecule has 7 nitrogen and oxygen atoms in total. The van der Waals surface area contributed by atoms with Crippen molar-refractivity contribution in [2.45, 2.75) is 50.7 Å². The highest BCUT2D eigenvalue weighted by molar-refractivity contribution is 5.99. The van der Waals surface area contributed by atoms with Crippen LogP contribution in [0.4, 0.5) is 5.82 Å². The first kappa shape index (κ1) is 26.4. The molecule has 2 heterocycles. The Labute approximate surface area is 230 Å². The Kier molecular flexibility index (Phi) is 7.08. The van der Waals surface area contributed by atoms with Gasteiger partial charge in [-0.2, -0.15) is 5.10 Å². The van der Waals surface area contributed by atoms with Gasteiger partial charge in [-0.25, -0.2) is 4.68 Å². The van der Waals surface area contributed by atoms with Gasteiger partial charge in [0.25, 0.3) is 5.91 Å². The van der Waals surface area contributed by atoms with Crippen LogP contribution in [0, 0.1) is 0 Å². The molecule has 1 aromatic heterocycles. The third-order valence-corrected chi connectivity index (χ3v) is 7.83. The van der Waals surface area contributed by atoms with Crippen LogP contribution < -0.4 is 20.1 Å². The van der Waals surface area contributed by atoms with Crippen molar-refractivity contribution in [1.29, 1.82) is 0 Å². The SMILES string of the molecule is CCC(NC(=O)c1cnn2c1NC(c1ccccc1)CC2(C)C)(c1ccc(OC)cc1)c1ccc(OC)cc1. The second kappa shape index (κ2) is 10.5. The molecule has 3 aromatic carbocycles. The minimum Gasteiger partial charge on any atom is -0.497 e. The number of aromatic nitrogens is 2. The topological polar surface area (TPSA) is 77.4 Å². The minimum absolute atomic E-state index is 0.0658. The second-order valence-corrected chi connectivity index (χ2v) is 10.6. The summed E-state index contributed by atoms with van der Waals surface area (Å²) in [5, 5.41) is 11.7. The minimum atomic E-state index is -0.784. The molecule has 0 bridgehead atoms. The molecule has 0 saturated carbocycles. The number of ether oxygens (including phenoxy) is 2. The maximum absolute atomic E-state index is 14.1. The van der Waals surface area contributed by atoms with Crippen LogP contribution >= 0.6 is 0 Å². The molecule has 0 radical (unpaired) electrons. The number of anilines is 1. The lowest BCUT2D eigenvalue weighted by Crippen LogP contribution is -2.47. The number of hydrogen-bond acceptors (Lipinski definition) is 5. The predicted molar refractivity (Wildman–Crippen MR) is 153 cm³/mol. The fraction of sp³-hybridized carbons (Fsp3) is 0.312. The van der Waals surface area contributed by atoms with Gasteiger partial charge in [0, 0.05) is 0 Å². The summed E-state index contributed by atoms with van der Waals surface area (Å²) in [6.45, 7) is 6.40. The molecule has 5 rings (SSSR count). The van der Waals surface area contributed by atoms with E-state index in [1.165, 1.54) is 5.56 Å². The molecule has 0 aliphatic carbocycles. The largest absolute Gasteiger partial charge is 0.497 e. The first-order chi connectivity index (χ1) is 18.8. The van der Waals surface area contributed by atoms with E-state index in [1.807, 2.05) is 71.4 Å². The number of benzene rings is 3. The first-order valence-corrected chi connectivity index (χ1v) is 13.3. The molecular weight excluding hydrogens is 488 g/mol. The molecule has 0 saturated heterocycles. The van der Waals surface area contributed by atoms with Crippen molar-refractivity contribution >= 4 is 11.7 Å². The second-order valence-electron chi connectivity index (χ2n) is 10.6. The van der Waals surface area contributed by atoms with Crippen LogP contribution in [0.5, 0.6) is 11.5 Å². The quantitative estimate of drug-likeness (QED) is 0.284. The maximum atomic E-state index is 14.1. The van der Waals surface area contributed by atoms with E-state index in [2.05, 4.69) is 48.6 Å². The Morgan fingerprint density at radius 3 is 2.05 bits per heavy atom. The molecule has 7 heteroatoms. The molecular formula is C32H36N4O3. The highest BCUT2D eigenvalue weighted by Crippen LogP contribution is 2.41. The number of nitrogens with one attached hydrogen (secondary N) is 2.